The van der Waals surface area contributed by atoms with Crippen molar-refractivity contribution in [3.05, 3.63) is 71.7 Å². The van der Waals surface area contributed by atoms with Gasteiger partial charge in [-0.2, -0.15) is 4.99 Å². The number of hydrogen-bond acceptors (Lipinski definition) is 5. The Morgan fingerprint density at radius 3 is 2.64 bits per heavy atom. The fraction of sp³-hybridized carbons (Fsp3) is 0.280. The van der Waals surface area contributed by atoms with E-state index in [0.717, 1.165) is 0 Å². The zero-order valence-electron chi connectivity index (χ0n) is 19.4. The minimum Gasteiger partial charge on any atom is -0.488 e. The Kier molecular flexibility index (Phi) is 9.62. The Hall–Kier alpha value is -3.65. The summed E-state index contributed by atoms with van der Waals surface area (Å²) in [4.78, 5) is 16.7. The van der Waals surface area contributed by atoms with Crippen LogP contribution in [0.1, 0.15) is 34.8 Å². The van der Waals surface area contributed by atoms with Crippen LogP contribution < -0.4 is 20.5 Å². The van der Waals surface area contributed by atoms with E-state index in [4.69, 9.17) is 19.9 Å². The molecule has 1 unspecified atom stereocenters. The van der Waals surface area contributed by atoms with Crippen molar-refractivity contribution < 1.29 is 23.4 Å². The summed E-state index contributed by atoms with van der Waals surface area (Å²) in [7, 11) is 3.29. The first-order valence-corrected chi connectivity index (χ1v) is 10.4. The van der Waals surface area contributed by atoms with E-state index in [9.17, 15) is 9.18 Å². The number of halogens is 1. The zero-order valence-corrected chi connectivity index (χ0v) is 19.4. The summed E-state index contributed by atoms with van der Waals surface area (Å²) >= 11 is 0. The summed E-state index contributed by atoms with van der Waals surface area (Å²) in [5.41, 5.74) is 7.00. The normalized spacial score (nSPS) is 12.5. The maximum absolute atomic E-state index is 14.2. The van der Waals surface area contributed by atoms with Crippen LogP contribution in [-0.4, -0.2) is 38.6 Å². The second-order valence-electron chi connectivity index (χ2n) is 7.15. The number of methoxy groups -OCH3 is 1. The van der Waals surface area contributed by atoms with E-state index in [1.165, 1.54) is 24.3 Å². The molecule has 0 aliphatic carbocycles. The van der Waals surface area contributed by atoms with E-state index >= 15 is 0 Å². The molecule has 0 heterocycles. The molecule has 2 aromatic carbocycles. The number of nitrogens with zero attached hydrogens (tertiary/aromatic N) is 1. The lowest BCUT2D eigenvalue weighted by molar-refractivity contribution is 0.0780. The van der Waals surface area contributed by atoms with E-state index in [1.54, 1.807) is 45.5 Å². The lowest BCUT2D eigenvalue weighted by atomic mass is 10.1. The van der Waals surface area contributed by atoms with Gasteiger partial charge in [0.25, 0.3) is 5.91 Å². The van der Waals surface area contributed by atoms with Crippen LogP contribution in [0.15, 0.2) is 54.2 Å². The monoisotopic (exact) mass is 455 g/mol. The third-order valence-corrected chi connectivity index (χ3v) is 4.73. The molecule has 0 spiro atoms. The molecule has 176 valence electrons. The van der Waals surface area contributed by atoms with Crippen molar-refractivity contribution >= 4 is 17.8 Å². The quantitative estimate of drug-likeness (QED) is 0.380. The van der Waals surface area contributed by atoms with Crippen LogP contribution in [0, 0.1) is 12.7 Å². The van der Waals surface area contributed by atoms with E-state index in [2.05, 4.69) is 16.9 Å². The fourth-order valence-electron chi connectivity index (χ4n) is 2.87. The van der Waals surface area contributed by atoms with Gasteiger partial charge >= 0.3 is 0 Å². The molecule has 0 saturated heterocycles. The zero-order chi connectivity index (χ0) is 24.4. The van der Waals surface area contributed by atoms with Crippen LogP contribution in [0.5, 0.6) is 17.2 Å². The van der Waals surface area contributed by atoms with Crippen molar-refractivity contribution in [3.8, 4) is 17.2 Å². The van der Waals surface area contributed by atoms with Gasteiger partial charge in [0.2, 0.25) is 0 Å². The highest BCUT2D eigenvalue weighted by atomic mass is 19.1. The standard InChI is InChI=1S/C25H30FN3O4/c1-6-17-8-9-20(14-21(17)26)33-23-13-18(25(30)29-24(27)10-11-28-4)12-22(16(23)3)32-19(7-2)15-31-5/h6,8-14,19,28H,1,7,15H2,2-5H3,(H2,27,29,30)/b11-10-. The predicted molar refractivity (Wildman–Crippen MR) is 128 cm³/mol. The molecule has 0 fully saturated rings. The van der Waals surface area contributed by atoms with Gasteiger partial charge in [-0.3, -0.25) is 4.79 Å². The third kappa shape index (κ3) is 7.18. The first kappa shape index (κ1) is 25.6. The molecule has 2 rings (SSSR count). The summed E-state index contributed by atoms with van der Waals surface area (Å²) < 4.78 is 31.4. The Balaban J connectivity index is 2.50. The summed E-state index contributed by atoms with van der Waals surface area (Å²) in [5, 5.41) is 2.78. The van der Waals surface area contributed by atoms with Crippen LogP contribution in [0.3, 0.4) is 0 Å². The number of benzene rings is 2. The van der Waals surface area contributed by atoms with Gasteiger partial charge in [-0.15, -0.1) is 0 Å². The number of amidine groups is 1. The predicted octanol–water partition coefficient (Wildman–Crippen LogP) is 4.60. The first-order chi connectivity index (χ1) is 15.8. The Morgan fingerprint density at radius 2 is 2.03 bits per heavy atom. The molecule has 1 amide bonds. The molecule has 0 aliphatic heterocycles. The molecule has 0 aliphatic rings. The van der Waals surface area contributed by atoms with Gasteiger partial charge in [-0.25, -0.2) is 4.39 Å². The number of ether oxygens (including phenoxy) is 3. The summed E-state index contributed by atoms with van der Waals surface area (Å²) in [5.74, 6) is 0.0175. The van der Waals surface area contributed by atoms with Gasteiger partial charge in [0, 0.05) is 36.9 Å². The Labute approximate surface area is 193 Å². The number of aliphatic imine (C=N–C) groups is 1. The summed E-state index contributed by atoms with van der Waals surface area (Å²) in [6, 6.07) is 7.55. The third-order valence-electron chi connectivity index (χ3n) is 4.73. The molecule has 8 heteroatoms. The SMILES string of the molecule is C=Cc1ccc(Oc2cc(C(=O)N=C(N)/C=C\NC)cc(OC(CC)COC)c2C)cc1F. The maximum atomic E-state index is 14.2. The fourth-order valence-corrected chi connectivity index (χ4v) is 2.87. The van der Waals surface area contributed by atoms with Crippen LogP contribution in [0.4, 0.5) is 4.39 Å². The lowest BCUT2D eigenvalue weighted by Crippen LogP contribution is -2.22. The van der Waals surface area contributed by atoms with Crippen molar-refractivity contribution in [3.63, 3.8) is 0 Å². The smallest absolute Gasteiger partial charge is 0.279 e. The molecule has 0 saturated carbocycles. The summed E-state index contributed by atoms with van der Waals surface area (Å²) in [6.45, 7) is 7.71. The first-order valence-electron chi connectivity index (χ1n) is 10.4. The molecule has 3 N–H and O–H groups in total. The Morgan fingerprint density at radius 1 is 1.30 bits per heavy atom. The van der Waals surface area contributed by atoms with Crippen LogP contribution in [0.2, 0.25) is 0 Å². The average Bonchev–Trinajstić information content (AvgIpc) is 2.79. The molecular weight excluding hydrogens is 425 g/mol. The lowest BCUT2D eigenvalue weighted by Gasteiger charge is -2.20. The van der Waals surface area contributed by atoms with E-state index < -0.39 is 11.7 Å². The molecule has 0 radical (unpaired) electrons. The van der Waals surface area contributed by atoms with Crippen molar-refractivity contribution in [2.75, 3.05) is 20.8 Å². The molecule has 0 aromatic heterocycles. The molecule has 0 bridgehead atoms. The van der Waals surface area contributed by atoms with Crippen molar-refractivity contribution in [1.82, 2.24) is 5.32 Å². The second-order valence-corrected chi connectivity index (χ2v) is 7.15. The number of carbonyl (C=O) groups excluding carboxylic acids is 1. The number of amides is 1. The average molecular weight is 456 g/mol. The topological polar surface area (TPSA) is 95.2 Å². The molecule has 33 heavy (non-hydrogen) atoms. The summed E-state index contributed by atoms with van der Waals surface area (Å²) in [6.07, 6.45) is 4.90. The highest BCUT2D eigenvalue weighted by molar-refractivity contribution is 6.06. The van der Waals surface area contributed by atoms with E-state index in [-0.39, 0.29) is 23.3 Å². The number of nitrogens with one attached hydrogen (secondary N) is 1. The van der Waals surface area contributed by atoms with Gasteiger partial charge in [-0.1, -0.05) is 19.6 Å². The minimum absolute atomic E-state index is 0.0350. The van der Waals surface area contributed by atoms with Gasteiger partial charge in [0.15, 0.2) is 0 Å². The van der Waals surface area contributed by atoms with Gasteiger partial charge in [0.1, 0.15) is 35.0 Å². The van der Waals surface area contributed by atoms with E-state index in [1.807, 2.05) is 6.92 Å². The molecular formula is C25H30FN3O4. The van der Waals surface area contributed by atoms with Gasteiger partial charge in [-0.05, 0) is 49.9 Å². The van der Waals surface area contributed by atoms with Crippen LogP contribution >= 0.6 is 0 Å². The molecule has 1 atom stereocenters. The highest BCUT2D eigenvalue weighted by Gasteiger charge is 2.18. The number of rotatable bonds is 11. The number of carbonyl (C=O) groups is 1. The minimum atomic E-state index is -0.573. The molecule has 7 nitrogen and oxygen atoms in total. The van der Waals surface area contributed by atoms with Crippen molar-refractivity contribution in [2.45, 2.75) is 26.4 Å². The molecule has 2 aromatic rings. The number of nitrogens with two attached hydrogens (primary N) is 1. The second kappa shape index (κ2) is 12.4. The highest BCUT2D eigenvalue weighted by Crippen LogP contribution is 2.35. The van der Waals surface area contributed by atoms with Gasteiger partial charge in [0.05, 0.1) is 6.61 Å². The maximum Gasteiger partial charge on any atom is 0.279 e. The van der Waals surface area contributed by atoms with E-state index in [0.29, 0.717) is 35.7 Å². The van der Waals surface area contributed by atoms with Gasteiger partial charge < -0.3 is 25.3 Å². The van der Waals surface area contributed by atoms with Crippen LogP contribution in [0.25, 0.3) is 6.08 Å². The van der Waals surface area contributed by atoms with Crippen molar-refractivity contribution in [1.29, 1.82) is 0 Å². The van der Waals surface area contributed by atoms with Crippen molar-refractivity contribution in [2.24, 2.45) is 10.7 Å². The Bertz CT molecular complexity index is 1050. The van der Waals surface area contributed by atoms with Crippen LogP contribution in [-0.2, 0) is 4.74 Å². The largest absolute Gasteiger partial charge is 0.488 e. The number of hydrogen-bond donors (Lipinski definition) is 2.